The number of rotatable bonds is 6. The number of furan rings is 1. The van der Waals surface area contributed by atoms with Crippen molar-refractivity contribution in [1.29, 1.82) is 0 Å². The molecular weight excluding hydrogens is 398 g/mol. The Bertz CT molecular complexity index is 1270. The first-order chi connectivity index (χ1) is 15.2. The maximum Gasteiger partial charge on any atom is 0.278 e. The third-order valence-electron chi connectivity index (χ3n) is 4.97. The van der Waals surface area contributed by atoms with Crippen molar-refractivity contribution in [1.82, 2.24) is 20.5 Å². The number of benzene rings is 1. The number of hydrogen-bond acceptors (Lipinski definition) is 8. The van der Waals surface area contributed by atoms with Crippen molar-refractivity contribution in [3.63, 3.8) is 0 Å². The van der Waals surface area contributed by atoms with E-state index in [2.05, 4.69) is 25.8 Å². The van der Waals surface area contributed by atoms with E-state index in [0.29, 0.717) is 23.7 Å². The van der Waals surface area contributed by atoms with Crippen LogP contribution in [0.4, 0.5) is 11.5 Å². The van der Waals surface area contributed by atoms with E-state index < -0.39 is 0 Å². The zero-order valence-electron chi connectivity index (χ0n) is 16.7. The van der Waals surface area contributed by atoms with Crippen molar-refractivity contribution in [3.8, 4) is 11.6 Å². The van der Waals surface area contributed by atoms with Crippen molar-refractivity contribution in [2.24, 2.45) is 0 Å². The SMILES string of the molecule is CNC(=O)c1cc(COc2nnc(Nc3ccc4c(c3)CCO4)c3ccoc23)ccn1. The van der Waals surface area contributed by atoms with Gasteiger partial charge in [-0.05, 0) is 47.5 Å². The Morgan fingerprint density at radius 3 is 3.03 bits per heavy atom. The molecule has 0 spiro atoms. The Morgan fingerprint density at radius 1 is 1.19 bits per heavy atom. The number of ether oxygens (including phenoxy) is 2. The molecule has 0 fully saturated rings. The van der Waals surface area contributed by atoms with Crippen molar-refractivity contribution >= 4 is 28.4 Å². The Hall–Kier alpha value is -4.14. The Kier molecular flexibility index (Phi) is 4.83. The van der Waals surface area contributed by atoms with Crippen molar-refractivity contribution < 1.29 is 18.7 Å². The topological polar surface area (TPSA) is 111 Å². The molecule has 156 valence electrons. The molecule has 1 aliphatic rings. The predicted octanol–water partition coefficient (Wildman–Crippen LogP) is 3.23. The maximum atomic E-state index is 11.8. The number of amides is 1. The highest BCUT2D eigenvalue weighted by atomic mass is 16.5. The molecule has 3 aromatic heterocycles. The van der Waals surface area contributed by atoms with Crippen LogP contribution in [0.3, 0.4) is 0 Å². The molecule has 9 heteroatoms. The highest BCUT2D eigenvalue weighted by molar-refractivity contribution is 5.93. The molecule has 0 saturated carbocycles. The van der Waals surface area contributed by atoms with Gasteiger partial charge < -0.3 is 24.5 Å². The van der Waals surface area contributed by atoms with Crippen LogP contribution in [0.1, 0.15) is 21.6 Å². The molecule has 0 radical (unpaired) electrons. The molecule has 0 saturated heterocycles. The van der Waals surface area contributed by atoms with E-state index in [9.17, 15) is 4.79 Å². The first-order valence-electron chi connectivity index (χ1n) is 9.78. The van der Waals surface area contributed by atoms with E-state index in [-0.39, 0.29) is 18.4 Å². The van der Waals surface area contributed by atoms with Crippen molar-refractivity contribution in [2.75, 3.05) is 19.0 Å². The van der Waals surface area contributed by atoms with Crippen LogP contribution in [0.15, 0.2) is 53.3 Å². The second kappa shape index (κ2) is 7.94. The third kappa shape index (κ3) is 3.73. The molecule has 31 heavy (non-hydrogen) atoms. The van der Waals surface area contributed by atoms with Crippen molar-refractivity contribution in [2.45, 2.75) is 13.0 Å². The van der Waals surface area contributed by atoms with Gasteiger partial charge in [0.05, 0.1) is 18.3 Å². The predicted molar refractivity (Wildman–Crippen MR) is 113 cm³/mol. The number of anilines is 2. The molecular formula is C22H19N5O4. The molecule has 2 N–H and O–H groups in total. The lowest BCUT2D eigenvalue weighted by atomic mass is 10.1. The van der Waals surface area contributed by atoms with E-state index in [4.69, 9.17) is 13.9 Å². The second-order valence-electron chi connectivity index (χ2n) is 6.98. The van der Waals surface area contributed by atoms with Crippen LogP contribution in [0.25, 0.3) is 11.0 Å². The molecule has 1 amide bonds. The zero-order chi connectivity index (χ0) is 21.2. The van der Waals surface area contributed by atoms with Crippen LogP contribution >= 0.6 is 0 Å². The summed E-state index contributed by atoms with van der Waals surface area (Å²) in [6, 6.07) is 11.2. The van der Waals surface area contributed by atoms with Crippen LogP contribution in [-0.2, 0) is 13.0 Å². The number of carbonyl (C=O) groups is 1. The summed E-state index contributed by atoms with van der Waals surface area (Å²) in [4.78, 5) is 15.8. The van der Waals surface area contributed by atoms with Crippen LogP contribution in [-0.4, -0.2) is 34.7 Å². The van der Waals surface area contributed by atoms with Gasteiger partial charge in [-0.25, -0.2) is 0 Å². The quantitative estimate of drug-likeness (QED) is 0.492. The number of hydrogen-bond donors (Lipinski definition) is 2. The minimum Gasteiger partial charge on any atom is -0.493 e. The summed E-state index contributed by atoms with van der Waals surface area (Å²) in [5.74, 6) is 1.50. The largest absolute Gasteiger partial charge is 0.493 e. The van der Waals surface area contributed by atoms with Gasteiger partial charge in [0.15, 0.2) is 5.82 Å². The van der Waals surface area contributed by atoms with E-state index in [1.54, 1.807) is 31.6 Å². The van der Waals surface area contributed by atoms with Crippen LogP contribution in [0.2, 0.25) is 0 Å². The molecule has 5 rings (SSSR count). The van der Waals surface area contributed by atoms with E-state index in [1.807, 2.05) is 24.3 Å². The van der Waals surface area contributed by atoms with Gasteiger partial charge >= 0.3 is 0 Å². The first kappa shape index (κ1) is 18.9. The molecule has 9 nitrogen and oxygen atoms in total. The van der Waals surface area contributed by atoms with Gasteiger partial charge in [-0.2, -0.15) is 0 Å². The minimum atomic E-state index is -0.261. The second-order valence-corrected chi connectivity index (χ2v) is 6.98. The first-order valence-corrected chi connectivity index (χ1v) is 9.78. The highest BCUT2D eigenvalue weighted by Crippen LogP contribution is 2.33. The standard InChI is InChI=1S/C22H19N5O4/c1-23-21(28)17-10-13(4-7-24-17)12-31-22-19-16(6-9-30-19)20(26-27-22)25-15-2-3-18-14(11-15)5-8-29-18/h2-4,6-7,9-11H,5,8,12H2,1H3,(H,23,28)(H,25,26). The normalized spacial score (nSPS) is 12.3. The molecule has 0 aliphatic carbocycles. The smallest absolute Gasteiger partial charge is 0.278 e. The number of aromatic nitrogens is 3. The summed E-state index contributed by atoms with van der Waals surface area (Å²) in [6.45, 7) is 0.896. The third-order valence-corrected chi connectivity index (χ3v) is 4.97. The summed E-state index contributed by atoms with van der Waals surface area (Å²) < 4.78 is 17.0. The molecule has 0 bridgehead atoms. The fourth-order valence-corrected chi connectivity index (χ4v) is 3.41. The van der Waals surface area contributed by atoms with Gasteiger partial charge in [0.2, 0.25) is 5.58 Å². The molecule has 0 unspecified atom stereocenters. The van der Waals surface area contributed by atoms with Gasteiger partial charge in [0.25, 0.3) is 11.8 Å². The fraction of sp³-hybridized carbons (Fsp3) is 0.182. The fourth-order valence-electron chi connectivity index (χ4n) is 3.41. The van der Waals surface area contributed by atoms with Gasteiger partial charge in [-0.15, -0.1) is 10.2 Å². The summed E-state index contributed by atoms with van der Waals surface area (Å²) in [5, 5.41) is 15.1. The lowest BCUT2D eigenvalue weighted by molar-refractivity contribution is 0.0958. The van der Waals surface area contributed by atoms with Gasteiger partial charge in [0, 0.05) is 25.4 Å². The lowest BCUT2D eigenvalue weighted by Crippen LogP contribution is -2.19. The molecule has 1 aromatic carbocycles. The summed E-state index contributed by atoms with van der Waals surface area (Å²) >= 11 is 0. The van der Waals surface area contributed by atoms with Gasteiger partial charge in [-0.3, -0.25) is 9.78 Å². The number of carbonyl (C=O) groups excluding carboxylic acids is 1. The van der Waals surface area contributed by atoms with Gasteiger partial charge in [-0.1, -0.05) is 0 Å². The Balaban J connectivity index is 1.36. The zero-order valence-corrected chi connectivity index (χ0v) is 16.7. The molecule has 0 atom stereocenters. The lowest BCUT2D eigenvalue weighted by Gasteiger charge is -2.10. The minimum absolute atomic E-state index is 0.189. The van der Waals surface area contributed by atoms with Crippen LogP contribution in [0, 0.1) is 0 Å². The maximum absolute atomic E-state index is 11.8. The number of fused-ring (bicyclic) bond motifs is 2. The van der Waals surface area contributed by atoms with Gasteiger partial charge in [0.1, 0.15) is 18.1 Å². The molecule has 4 aromatic rings. The van der Waals surface area contributed by atoms with Crippen molar-refractivity contribution in [3.05, 3.63) is 65.7 Å². The van der Waals surface area contributed by atoms with E-state index in [1.165, 1.54) is 0 Å². The average molecular weight is 417 g/mol. The molecule has 4 heterocycles. The van der Waals surface area contributed by atoms with E-state index >= 15 is 0 Å². The summed E-state index contributed by atoms with van der Waals surface area (Å²) in [6.07, 6.45) is 4.02. The summed E-state index contributed by atoms with van der Waals surface area (Å²) in [5.41, 5.74) is 3.64. The number of nitrogens with zero attached hydrogens (tertiary/aromatic N) is 3. The van der Waals surface area contributed by atoms with Crippen LogP contribution in [0.5, 0.6) is 11.6 Å². The van der Waals surface area contributed by atoms with E-state index in [0.717, 1.165) is 34.4 Å². The monoisotopic (exact) mass is 417 g/mol. The summed E-state index contributed by atoms with van der Waals surface area (Å²) in [7, 11) is 1.56. The number of nitrogens with one attached hydrogen (secondary N) is 2. The highest BCUT2D eigenvalue weighted by Gasteiger charge is 2.16. The number of pyridine rings is 1. The van der Waals surface area contributed by atoms with Crippen LogP contribution < -0.4 is 20.1 Å². The molecule has 1 aliphatic heterocycles. The average Bonchev–Trinajstić information content (AvgIpc) is 3.48. The Labute approximate surface area is 177 Å². The Morgan fingerprint density at radius 2 is 2.13 bits per heavy atom.